The van der Waals surface area contributed by atoms with Gasteiger partial charge in [-0.3, -0.25) is 4.79 Å². The Kier molecular flexibility index (Phi) is 6.81. The lowest BCUT2D eigenvalue weighted by Gasteiger charge is -2.27. The molecule has 1 atom stereocenters. The van der Waals surface area contributed by atoms with E-state index in [1.165, 1.54) is 11.1 Å². The van der Waals surface area contributed by atoms with Gasteiger partial charge in [0.25, 0.3) is 5.91 Å². The van der Waals surface area contributed by atoms with Crippen LogP contribution in [0.2, 0.25) is 0 Å². The van der Waals surface area contributed by atoms with E-state index in [0.717, 1.165) is 0 Å². The van der Waals surface area contributed by atoms with Crippen LogP contribution in [0.5, 0.6) is 0 Å². The van der Waals surface area contributed by atoms with E-state index < -0.39 is 9.84 Å². The molecule has 1 fully saturated rings. The molecule has 6 nitrogen and oxygen atoms in total. The standard InChI is InChI=1S/C23H31N3O3S/c1-16(2)18-5-7-19(8-6-18)22(17(3)4)25-21-10-9-20(15-24-21)23(27)26-11-13-30(28,29)14-12-26/h5-10,15-17,22H,11-14H2,1-4H3,(H,24,25). The predicted octanol–water partition coefficient (Wildman–Crippen LogP) is 3.88. The molecule has 1 aliphatic heterocycles. The Bertz CT molecular complexity index is 954. The number of anilines is 1. The van der Waals surface area contributed by atoms with Gasteiger partial charge in [0, 0.05) is 19.3 Å². The molecule has 2 aromatic rings. The first kappa shape index (κ1) is 22.3. The zero-order valence-corrected chi connectivity index (χ0v) is 18.9. The van der Waals surface area contributed by atoms with Gasteiger partial charge in [-0.1, -0.05) is 52.0 Å². The highest BCUT2D eigenvalue weighted by Gasteiger charge is 2.26. The number of rotatable bonds is 6. The highest BCUT2D eigenvalue weighted by Crippen LogP contribution is 2.27. The zero-order chi connectivity index (χ0) is 21.9. The lowest BCUT2D eigenvalue weighted by molar-refractivity contribution is 0.0770. The first-order chi connectivity index (χ1) is 14.2. The summed E-state index contributed by atoms with van der Waals surface area (Å²) in [4.78, 5) is 18.7. The fourth-order valence-corrected chi connectivity index (χ4v) is 4.79. The Balaban J connectivity index is 1.69. The number of carbonyl (C=O) groups excluding carboxylic acids is 1. The number of sulfone groups is 1. The van der Waals surface area contributed by atoms with Gasteiger partial charge in [-0.2, -0.15) is 0 Å². The average Bonchev–Trinajstić information content (AvgIpc) is 2.72. The molecule has 1 saturated heterocycles. The first-order valence-electron chi connectivity index (χ1n) is 10.5. The average molecular weight is 430 g/mol. The number of nitrogens with one attached hydrogen (secondary N) is 1. The molecule has 1 aromatic heterocycles. The molecule has 0 aliphatic carbocycles. The fraction of sp³-hybridized carbons (Fsp3) is 0.478. The van der Waals surface area contributed by atoms with E-state index >= 15 is 0 Å². The van der Waals surface area contributed by atoms with Gasteiger partial charge in [-0.05, 0) is 35.1 Å². The van der Waals surface area contributed by atoms with E-state index in [-0.39, 0.29) is 36.5 Å². The van der Waals surface area contributed by atoms with Crippen LogP contribution in [-0.4, -0.2) is 48.8 Å². The van der Waals surface area contributed by atoms with Crippen molar-refractivity contribution >= 4 is 21.6 Å². The van der Waals surface area contributed by atoms with Crippen molar-refractivity contribution in [2.45, 2.75) is 39.7 Å². The number of amides is 1. The molecule has 0 spiro atoms. The second-order valence-corrected chi connectivity index (χ2v) is 10.9. The van der Waals surface area contributed by atoms with Crippen molar-refractivity contribution in [1.29, 1.82) is 0 Å². The Hall–Kier alpha value is -2.41. The summed E-state index contributed by atoms with van der Waals surface area (Å²) in [5, 5.41) is 3.48. The Labute approximate surface area is 179 Å². The van der Waals surface area contributed by atoms with E-state index in [4.69, 9.17) is 0 Å². The van der Waals surface area contributed by atoms with E-state index in [1.54, 1.807) is 17.2 Å². The van der Waals surface area contributed by atoms with Crippen LogP contribution >= 0.6 is 0 Å². The van der Waals surface area contributed by atoms with Crippen molar-refractivity contribution in [1.82, 2.24) is 9.88 Å². The Morgan fingerprint density at radius 2 is 1.57 bits per heavy atom. The number of nitrogens with zero attached hydrogens (tertiary/aromatic N) is 2. The van der Waals surface area contributed by atoms with Crippen LogP contribution in [0.25, 0.3) is 0 Å². The van der Waals surface area contributed by atoms with Crippen molar-refractivity contribution < 1.29 is 13.2 Å². The quantitative estimate of drug-likeness (QED) is 0.754. The van der Waals surface area contributed by atoms with Gasteiger partial charge in [0.05, 0.1) is 23.1 Å². The summed E-state index contributed by atoms with van der Waals surface area (Å²) in [5.74, 6) is 1.44. The third-order valence-corrected chi connectivity index (χ3v) is 7.18. The lowest BCUT2D eigenvalue weighted by Crippen LogP contribution is -2.43. The molecule has 3 rings (SSSR count). The van der Waals surface area contributed by atoms with E-state index in [2.05, 4.69) is 62.3 Å². The number of benzene rings is 1. The molecule has 2 heterocycles. The molecule has 0 bridgehead atoms. The van der Waals surface area contributed by atoms with Crippen molar-refractivity contribution in [3.05, 3.63) is 59.3 Å². The molecule has 0 radical (unpaired) electrons. The SMILES string of the molecule is CC(C)c1ccc(C(Nc2ccc(C(=O)N3CCS(=O)(=O)CC3)cn2)C(C)C)cc1. The highest BCUT2D eigenvalue weighted by molar-refractivity contribution is 7.91. The molecule has 1 N–H and O–H groups in total. The van der Waals surface area contributed by atoms with Gasteiger partial charge in [0.2, 0.25) is 0 Å². The highest BCUT2D eigenvalue weighted by atomic mass is 32.2. The molecule has 162 valence electrons. The molecule has 1 amide bonds. The zero-order valence-electron chi connectivity index (χ0n) is 18.1. The van der Waals surface area contributed by atoms with Crippen LogP contribution in [0.4, 0.5) is 5.82 Å². The van der Waals surface area contributed by atoms with Crippen LogP contribution in [0.3, 0.4) is 0 Å². The molecule has 7 heteroatoms. The smallest absolute Gasteiger partial charge is 0.255 e. The van der Waals surface area contributed by atoms with Gasteiger partial charge in [-0.15, -0.1) is 0 Å². The maximum atomic E-state index is 12.6. The van der Waals surface area contributed by atoms with E-state index in [0.29, 0.717) is 23.2 Å². The van der Waals surface area contributed by atoms with Crippen molar-refractivity contribution in [3.63, 3.8) is 0 Å². The van der Waals surface area contributed by atoms with Gasteiger partial charge in [0.1, 0.15) is 5.82 Å². The molecular weight excluding hydrogens is 398 g/mol. The number of hydrogen-bond acceptors (Lipinski definition) is 5. The minimum Gasteiger partial charge on any atom is -0.363 e. The maximum absolute atomic E-state index is 12.6. The van der Waals surface area contributed by atoms with Gasteiger partial charge < -0.3 is 10.2 Å². The van der Waals surface area contributed by atoms with Crippen molar-refractivity contribution in [2.75, 3.05) is 29.9 Å². The topological polar surface area (TPSA) is 79.4 Å². The van der Waals surface area contributed by atoms with Crippen molar-refractivity contribution in [2.24, 2.45) is 5.92 Å². The summed E-state index contributed by atoms with van der Waals surface area (Å²) in [6.45, 7) is 9.17. The van der Waals surface area contributed by atoms with Crippen LogP contribution in [-0.2, 0) is 9.84 Å². The summed E-state index contributed by atoms with van der Waals surface area (Å²) >= 11 is 0. The van der Waals surface area contributed by atoms with Crippen LogP contribution < -0.4 is 5.32 Å². The third-order valence-electron chi connectivity index (χ3n) is 5.57. The van der Waals surface area contributed by atoms with Crippen LogP contribution in [0.1, 0.15) is 61.1 Å². The monoisotopic (exact) mass is 429 g/mol. The van der Waals surface area contributed by atoms with Gasteiger partial charge in [-0.25, -0.2) is 13.4 Å². The van der Waals surface area contributed by atoms with Crippen molar-refractivity contribution in [3.8, 4) is 0 Å². The number of pyridine rings is 1. The maximum Gasteiger partial charge on any atom is 0.255 e. The van der Waals surface area contributed by atoms with Gasteiger partial charge in [0.15, 0.2) is 9.84 Å². The first-order valence-corrected chi connectivity index (χ1v) is 12.3. The normalized spacial score (nSPS) is 17.2. The summed E-state index contributed by atoms with van der Waals surface area (Å²) < 4.78 is 23.1. The Morgan fingerprint density at radius 3 is 2.07 bits per heavy atom. The minimum absolute atomic E-state index is 0.0253. The summed E-state index contributed by atoms with van der Waals surface area (Å²) in [5.41, 5.74) is 2.99. The molecular formula is C23H31N3O3S. The van der Waals surface area contributed by atoms with Crippen LogP contribution in [0, 0.1) is 5.92 Å². The minimum atomic E-state index is -3.01. The molecule has 1 aliphatic rings. The van der Waals surface area contributed by atoms with E-state index in [1.807, 2.05) is 6.07 Å². The summed E-state index contributed by atoms with van der Waals surface area (Å²) in [7, 11) is -3.01. The van der Waals surface area contributed by atoms with Gasteiger partial charge >= 0.3 is 0 Å². The summed E-state index contributed by atoms with van der Waals surface area (Å²) in [6.07, 6.45) is 1.56. The molecule has 30 heavy (non-hydrogen) atoms. The number of hydrogen-bond donors (Lipinski definition) is 1. The lowest BCUT2D eigenvalue weighted by atomic mass is 9.93. The third kappa shape index (κ3) is 5.39. The Morgan fingerprint density at radius 1 is 0.967 bits per heavy atom. The number of aromatic nitrogens is 1. The fourth-order valence-electron chi connectivity index (χ4n) is 3.59. The number of carbonyl (C=O) groups is 1. The molecule has 1 aromatic carbocycles. The molecule has 1 unspecified atom stereocenters. The summed E-state index contributed by atoms with van der Waals surface area (Å²) in [6, 6.07) is 12.3. The van der Waals surface area contributed by atoms with E-state index in [9.17, 15) is 13.2 Å². The molecule has 0 saturated carbocycles. The van der Waals surface area contributed by atoms with Crippen LogP contribution in [0.15, 0.2) is 42.6 Å². The second kappa shape index (κ2) is 9.16. The largest absolute Gasteiger partial charge is 0.363 e. The second-order valence-electron chi connectivity index (χ2n) is 8.56. The predicted molar refractivity (Wildman–Crippen MR) is 121 cm³/mol.